The molecule has 0 aliphatic carbocycles. The van der Waals surface area contributed by atoms with Gasteiger partial charge in [0.05, 0.1) is 33.4 Å². The van der Waals surface area contributed by atoms with E-state index < -0.39 is 42.1 Å². The Hall–Kier alpha value is -2.80. The van der Waals surface area contributed by atoms with E-state index in [0.717, 1.165) is 17.5 Å². The van der Waals surface area contributed by atoms with Gasteiger partial charge in [-0.05, 0) is 60.7 Å². The zero-order valence-corrected chi connectivity index (χ0v) is 19.1. The third-order valence-electron chi connectivity index (χ3n) is 4.98. The van der Waals surface area contributed by atoms with Gasteiger partial charge in [0.2, 0.25) is 0 Å². The van der Waals surface area contributed by atoms with Crippen molar-refractivity contribution in [2.24, 2.45) is 9.98 Å². The molecule has 170 valence electrons. The van der Waals surface area contributed by atoms with Crippen LogP contribution < -0.4 is 16.0 Å². The van der Waals surface area contributed by atoms with E-state index in [-0.39, 0.29) is 28.5 Å². The van der Waals surface area contributed by atoms with Gasteiger partial charge in [-0.2, -0.15) is 0 Å². The van der Waals surface area contributed by atoms with Crippen molar-refractivity contribution in [3.63, 3.8) is 0 Å². The zero-order chi connectivity index (χ0) is 23.6. The van der Waals surface area contributed by atoms with Crippen LogP contribution >= 0.6 is 0 Å². The topological polar surface area (TPSA) is 167 Å². The summed E-state index contributed by atoms with van der Waals surface area (Å²) in [5.74, 6) is 0. The van der Waals surface area contributed by atoms with Crippen LogP contribution in [0.25, 0.3) is 12.2 Å². The molecule has 4 aliphatic rings. The molecule has 2 N–H and O–H groups in total. The van der Waals surface area contributed by atoms with Crippen molar-refractivity contribution in [3.8, 4) is 0 Å². The van der Waals surface area contributed by atoms with Crippen molar-refractivity contribution in [1.29, 1.82) is 0 Å². The van der Waals surface area contributed by atoms with E-state index in [1.165, 1.54) is 12.2 Å². The Morgan fingerprint density at radius 1 is 0.909 bits per heavy atom. The van der Waals surface area contributed by atoms with Crippen LogP contribution in [0.5, 0.6) is 0 Å². The van der Waals surface area contributed by atoms with Gasteiger partial charge in [0.15, 0.2) is 4.87 Å². The molecule has 0 saturated carbocycles. The molecule has 33 heavy (non-hydrogen) atoms. The first-order valence-electron chi connectivity index (χ1n) is 9.75. The van der Waals surface area contributed by atoms with Crippen molar-refractivity contribution < 1.29 is 44.4 Å². The molecule has 5 rings (SSSR count). The first kappa shape index (κ1) is 22.0. The molecule has 0 amide bonds. The summed E-state index contributed by atoms with van der Waals surface area (Å²) in [5, 5.41) is 3.76. The van der Waals surface area contributed by atoms with Crippen LogP contribution in [0.2, 0.25) is 0 Å². The van der Waals surface area contributed by atoms with Gasteiger partial charge >= 0.3 is 17.1 Å². The van der Waals surface area contributed by atoms with Gasteiger partial charge in [-0.15, -0.1) is 0 Å². The number of nitrogens with zero attached hydrogens (tertiary/aromatic N) is 2. The van der Waals surface area contributed by atoms with Gasteiger partial charge in [0.25, 0.3) is 0 Å². The first-order valence-corrected chi connectivity index (χ1v) is 12.0. The van der Waals surface area contributed by atoms with Gasteiger partial charge in [-0.1, -0.05) is 0 Å². The maximum Gasteiger partial charge on any atom is 2.00 e. The van der Waals surface area contributed by atoms with Gasteiger partial charge in [-0.3, -0.25) is 0 Å². The molecule has 0 radical (unpaired) electrons. The second-order valence-electron chi connectivity index (χ2n) is 7.28. The SMILES string of the molecule is [2H]C1C(S(=O)(=O)[O-])=C2/C=C3/C=CC(=N3)/C=c3/cc/c([nH]3)=C/C3=NC(=C\C1(S(=O)(=O)[O-])N2)/C=C3.[Fe+2]. The minimum Gasteiger partial charge on any atom is -0.746 e. The summed E-state index contributed by atoms with van der Waals surface area (Å²) in [4.78, 5) is 7.87. The number of aromatic amines is 1. The molecule has 1 aromatic rings. The van der Waals surface area contributed by atoms with Crippen LogP contribution in [0.1, 0.15) is 7.77 Å². The number of hydrogen-bond donors (Lipinski definition) is 2. The van der Waals surface area contributed by atoms with Crippen LogP contribution in [0.4, 0.5) is 0 Å². The Bertz CT molecular complexity index is 1660. The Morgan fingerprint density at radius 3 is 2.06 bits per heavy atom. The fourth-order valence-electron chi connectivity index (χ4n) is 3.57. The third-order valence-corrected chi connectivity index (χ3v) is 7.02. The number of H-pyrrole nitrogens is 1. The fourth-order valence-corrected chi connectivity index (χ4v) is 5.12. The van der Waals surface area contributed by atoms with Crippen molar-refractivity contribution in [2.75, 3.05) is 0 Å². The van der Waals surface area contributed by atoms with E-state index in [2.05, 4.69) is 20.3 Å². The number of hydrogen-bond acceptors (Lipinski definition) is 9. The number of allylic oxidation sites excluding steroid dienone is 5. The molecule has 13 heteroatoms. The summed E-state index contributed by atoms with van der Waals surface area (Å²) in [6.07, 6.45) is 9.23. The fraction of sp³-hybridized carbons (Fsp3) is 0.100. The normalized spacial score (nSPS) is 31.5. The summed E-state index contributed by atoms with van der Waals surface area (Å²) in [5.41, 5.74) is 0.629. The minimum atomic E-state index is -5.41. The van der Waals surface area contributed by atoms with E-state index in [1.807, 2.05) is 6.07 Å². The summed E-state index contributed by atoms with van der Waals surface area (Å²) in [6.45, 7) is 0. The van der Waals surface area contributed by atoms with Crippen LogP contribution in [-0.2, 0) is 37.3 Å². The molecule has 0 saturated heterocycles. The average molecular weight is 527 g/mol. The number of nitrogens with one attached hydrogen (secondary N) is 2. The Balaban J connectivity index is 0.00000274. The molecular weight excluding hydrogens is 512 g/mol. The van der Waals surface area contributed by atoms with E-state index in [1.54, 1.807) is 30.4 Å². The molecule has 0 fully saturated rings. The monoisotopic (exact) mass is 527 g/mol. The van der Waals surface area contributed by atoms with Crippen molar-refractivity contribution in [1.82, 2.24) is 10.3 Å². The predicted octanol–water partition coefficient (Wildman–Crippen LogP) is -0.632. The Labute approximate surface area is 200 Å². The standard InChI is InChI=1S/C20H16N4O6S2.Fe/c25-31(26,27)19-11-20(32(28,29)30)10-17-6-5-15(23-17)8-13-2-1-12(21-13)7-14-3-4-16(22-14)9-18(19)24-20;/h1-10,21,24H,11H2,(H,25,26,27)(H,28,29,30);/q;+2/p-2/b12-7-,13-8-,16-9-,17-10-;/i11D;. The maximum absolute atomic E-state index is 12.3. The Kier molecular flexibility index (Phi) is 5.27. The van der Waals surface area contributed by atoms with E-state index >= 15 is 0 Å². The largest absolute Gasteiger partial charge is 2.00 e. The van der Waals surface area contributed by atoms with Gasteiger partial charge in [0, 0.05) is 18.5 Å². The van der Waals surface area contributed by atoms with E-state index in [4.69, 9.17) is 1.37 Å². The van der Waals surface area contributed by atoms with Gasteiger partial charge < -0.3 is 19.4 Å². The molecule has 8 bridgehead atoms. The van der Waals surface area contributed by atoms with Crippen molar-refractivity contribution in [3.05, 3.63) is 81.3 Å². The first-order chi connectivity index (χ1) is 15.4. The van der Waals surface area contributed by atoms with Crippen LogP contribution in [0, 0.1) is 0 Å². The van der Waals surface area contributed by atoms with Crippen LogP contribution in [0.3, 0.4) is 0 Å². The molecule has 0 aromatic carbocycles. The van der Waals surface area contributed by atoms with E-state index in [9.17, 15) is 25.9 Å². The number of aliphatic imine (C=N–C) groups is 2. The third kappa shape index (κ3) is 4.38. The molecule has 1 aromatic heterocycles. The second kappa shape index (κ2) is 7.90. The molecular formula is C20H14FeN4O6S2. The molecule has 2 atom stereocenters. The minimum absolute atomic E-state index is 0. The number of rotatable bonds is 2. The average Bonchev–Trinajstić information content (AvgIpc) is 3.45. The smallest absolute Gasteiger partial charge is 0.746 e. The number of fused-ring (bicyclic) bond motifs is 6. The molecule has 5 heterocycles. The van der Waals surface area contributed by atoms with Crippen molar-refractivity contribution in [2.45, 2.75) is 11.3 Å². The summed E-state index contributed by atoms with van der Waals surface area (Å²) < 4.78 is 81.4. The van der Waals surface area contributed by atoms with Crippen molar-refractivity contribution >= 4 is 43.8 Å². The molecule has 0 spiro atoms. The number of aromatic nitrogens is 1. The summed E-state index contributed by atoms with van der Waals surface area (Å²) in [6, 6.07) is 3.62. The van der Waals surface area contributed by atoms with E-state index in [0.29, 0.717) is 16.8 Å². The molecule has 2 unspecified atom stereocenters. The Morgan fingerprint density at radius 2 is 1.48 bits per heavy atom. The maximum atomic E-state index is 12.3. The van der Waals surface area contributed by atoms with Crippen LogP contribution in [0.15, 0.2) is 80.6 Å². The predicted molar refractivity (Wildman–Crippen MR) is 115 cm³/mol. The molecule has 10 nitrogen and oxygen atoms in total. The van der Waals surface area contributed by atoms with Gasteiger partial charge in [-0.25, -0.2) is 26.8 Å². The summed E-state index contributed by atoms with van der Waals surface area (Å²) in [7, 11) is -10.7. The van der Waals surface area contributed by atoms with Gasteiger partial charge in [0.1, 0.15) is 20.2 Å². The zero-order valence-electron chi connectivity index (χ0n) is 17.4. The van der Waals surface area contributed by atoms with Crippen LogP contribution in [-0.4, -0.2) is 47.2 Å². The second-order valence-corrected chi connectivity index (χ2v) is 10.2. The summed E-state index contributed by atoms with van der Waals surface area (Å²) >= 11 is 0. The molecule has 4 aliphatic heterocycles. The quantitative estimate of drug-likeness (QED) is 0.381.